The predicted octanol–water partition coefficient (Wildman–Crippen LogP) is 0.742. The monoisotopic (exact) mass is 172 g/mol. The number of carbonyl (C=O) groups is 1. The molecular weight excluding hydrogens is 152 g/mol. The van der Waals surface area contributed by atoms with Gasteiger partial charge in [0.2, 0.25) is 5.91 Å². The minimum Gasteiger partial charge on any atom is -0.354 e. The summed E-state index contributed by atoms with van der Waals surface area (Å²) in [5.41, 5.74) is 5.75. The van der Waals surface area contributed by atoms with Crippen LogP contribution in [-0.2, 0) is 4.79 Å². The van der Waals surface area contributed by atoms with Crippen LogP contribution in [0.4, 0.5) is 0 Å². The molecule has 0 radical (unpaired) electrons. The van der Waals surface area contributed by atoms with Gasteiger partial charge in [-0.2, -0.15) is 0 Å². The number of nitrogens with two attached hydrogens (primary N) is 1. The van der Waals surface area contributed by atoms with Crippen LogP contribution in [0.25, 0.3) is 0 Å². The van der Waals surface area contributed by atoms with Gasteiger partial charge in [0.25, 0.3) is 0 Å². The van der Waals surface area contributed by atoms with Crippen molar-refractivity contribution in [2.45, 2.75) is 33.7 Å². The number of hydrogen-bond acceptors (Lipinski definition) is 2. The van der Waals surface area contributed by atoms with Crippen LogP contribution in [-0.4, -0.2) is 18.5 Å². The van der Waals surface area contributed by atoms with Crippen LogP contribution in [0.2, 0.25) is 0 Å². The lowest BCUT2D eigenvalue weighted by Crippen LogP contribution is -2.41. The van der Waals surface area contributed by atoms with Gasteiger partial charge in [0.1, 0.15) is 0 Å². The van der Waals surface area contributed by atoms with Crippen LogP contribution in [0.1, 0.15) is 27.7 Å². The van der Waals surface area contributed by atoms with Crippen molar-refractivity contribution in [1.29, 1.82) is 0 Å². The highest BCUT2D eigenvalue weighted by Crippen LogP contribution is 1.97. The molecule has 3 heteroatoms. The predicted molar refractivity (Wildman–Crippen MR) is 50.7 cm³/mol. The normalized spacial score (nSPS) is 13.6. The maximum absolute atomic E-state index is 11.1. The highest BCUT2D eigenvalue weighted by molar-refractivity contribution is 5.77. The third kappa shape index (κ3) is 4.34. The molecule has 1 unspecified atom stereocenters. The zero-order valence-electron chi connectivity index (χ0n) is 8.42. The molecule has 0 spiro atoms. The summed E-state index contributed by atoms with van der Waals surface area (Å²) in [6.45, 7) is 8.42. The number of amides is 1. The van der Waals surface area contributed by atoms with Gasteiger partial charge in [-0.25, -0.2) is 0 Å². The smallest absolute Gasteiger partial charge is 0.222 e. The Kier molecular flexibility index (Phi) is 4.90. The van der Waals surface area contributed by atoms with E-state index in [-0.39, 0.29) is 17.9 Å². The van der Waals surface area contributed by atoms with E-state index in [2.05, 4.69) is 5.32 Å². The molecule has 12 heavy (non-hydrogen) atoms. The molecule has 3 N–H and O–H groups in total. The minimum atomic E-state index is 0.0457. The second-order valence-corrected chi connectivity index (χ2v) is 3.81. The Hall–Kier alpha value is -0.570. The van der Waals surface area contributed by atoms with Gasteiger partial charge in [-0.15, -0.1) is 0 Å². The molecule has 0 aromatic carbocycles. The summed E-state index contributed by atoms with van der Waals surface area (Å²) in [5, 5.41) is 2.80. The van der Waals surface area contributed by atoms with E-state index in [1.54, 1.807) is 0 Å². The van der Waals surface area contributed by atoms with Crippen molar-refractivity contribution >= 4 is 5.91 Å². The lowest BCUT2D eigenvalue weighted by molar-refractivity contribution is -0.124. The average Bonchev–Trinajstić information content (AvgIpc) is 1.98. The topological polar surface area (TPSA) is 55.1 Å². The molecule has 3 nitrogen and oxygen atoms in total. The summed E-state index contributed by atoms with van der Waals surface area (Å²) < 4.78 is 0. The summed E-state index contributed by atoms with van der Waals surface area (Å²) in [4.78, 5) is 11.1. The fourth-order valence-electron chi connectivity index (χ4n) is 0.658. The maximum atomic E-state index is 11.1. The standard InChI is InChI=1S/C9H20N2O/c1-6(2)8(10)5-11-9(12)7(3)4/h6-8H,5,10H2,1-4H3,(H,11,12). The zero-order valence-corrected chi connectivity index (χ0v) is 8.42. The molecule has 0 aliphatic carbocycles. The summed E-state index contributed by atoms with van der Waals surface area (Å²) >= 11 is 0. The van der Waals surface area contributed by atoms with Crippen molar-refractivity contribution in [2.75, 3.05) is 6.54 Å². The van der Waals surface area contributed by atoms with Crippen molar-refractivity contribution in [1.82, 2.24) is 5.32 Å². The minimum absolute atomic E-state index is 0.0457. The first-order valence-corrected chi connectivity index (χ1v) is 4.48. The summed E-state index contributed by atoms with van der Waals surface area (Å²) in [6, 6.07) is 0.0627. The van der Waals surface area contributed by atoms with Gasteiger partial charge >= 0.3 is 0 Å². The number of rotatable bonds is 4. The molecule has 0 saturated carbocycles. The van der Waals surface area contributed by atoms with E-state index >= 15 is 0 Å². The van der Waals surface area contributed by atoms with E-state index in [0.29, 0.717) is 12.5 Å². The highest BCUT2D eigenvalue weighted by Gasteiger charge is 2.10. The van der Waals surface area contributed by atoms with Gasteiger partial charge in [0, 0.05) is 18.5 Å². The molecule has 0 aromatic rings. The molecular formula is C9H20N2O. The van der Waals surface area contributed by atoms with Gasteiger partial charge < -0.3 is 11.1 Å². The van der Waals surface area contributed by atoms with Gasteiger partial charge in [0.15, 0.2) is 0 Å². The first-order chi connectivity index (χ1) is 5.45. The fourth-order valence-corrected chi connectivity index (χ4v) is 0.658. The summed E-state index contributed by atoms with van der Waals surface area (Å²) in [7, 11) is 0. The van der Waals surface area contributed by atoms with Crippen molar-refractivity contribution in [3.05, 3.63) is 0 Å². The number of carbonyl (C=O) groups excluding carboxylic acids is 1. The molecule has 0 saturated heterocycles. The third-order valence-corrected chi connectivity index (χ3v) is 1.89. The molecule has 0 fully saturated rings. The Morgan fingerprint density at radius 2 is 1.83 bits per heavy atom. The van der Waals surface area contributed by atoms with Crippen LogP contribution < -0.4 is 11.1 Å². The second kappa shape index (κ2) is 5.14. The van der Waals surface area contributed by atoms with Crippen molar-refractivity contribution in [2.24, 2.45) is 17.6 Å². The zero-order chi connectivity index (χ0) is 9.72. The molecule has 0 aliphatic rings. The second-order valence-electron chi connectivity index (χ2n) is 3.81. The third-order valence-electron chi connectivity index (χ3n) is 1.89. The highest BCUT2D eigenvalue weighted by atomic mass is 16.1. The average molecular weight is 172 g/mol. The van der Waals surface area contributed by atoms with E-state index < -0.39 is 0 Å². The van der Waals surface area contributed by atoms with Gasteiger partial charge in [-0.3, -0.25) is 4.79 Å². The van der Waals surface area contributed by atoms with Gasteiger partial charge in [-0.1, -0.05) is 27.7 Å². The van der Waals surface area contributed by atoms with Crippen LogP contribution in [0, 0.1) is 11.8 Å². The first kappa shape index (κ1) is 11.4. The van der Waals surface area contributed by atoms with E-state index in [4.69, 9.17) is 5.73 Å². The Labute approximate surface area is 74.7 Å². The molecule has 1 atom stereocenters. The number of hydrogen-bond donors (Lipinski definition) is 2. The van der Waals surface area contributed by atoms with E-state index in [1.165, 1.54) is 0 Å². The Morgan fingerprint density at radius 1 is 1.33 bits per heavy atom. The van der Waals surface area contributed by atoms with E-state index in [9.17, 15) is 4.79 Å². The van der Waals surface area contributed by atoms with E-state index in [0.717, 1.165) is 0 Å². The van der Waals surface area contributed by atoms with Crippen LogP contribution in [0.3, 0.4) is 0 Å². The molecule has 0 rings (SSSR count). The van der Waals surface area contributed by atoms with Crippen LogP contribution in [0.15, 0.2) is 0 Å². The van der Waals surface area contributed by atoms with Crippen LogP contribution in [0.5, 0.6) is 0 Å². The van der Waals surface area contributed by atoms with Gasteiger partial charge in [-0.05, 0) is 5.92 Å². The van der Waals surface area contributed by atoms with Crippen LogP contribution >= 0.6 is 0 Å². The first-order valence-electron chi connectivity index (χ1n) is 4.48. The lowest BCUT2D eigenvalue weighted by atomic mass is 10.1. The van der Waals surface area contributed by atoms with E-state index in [1.807, 2.05) is 27.7 Å². The quantitative estimate of drug-likeness (QED) is 0.657. The molecule has 0 aromatic heterocycles. The van der Waals surface area contributed by atoms with Crippen molar-refractivity contribution in [3.8, 4) is 0 Å². The van der Waals surface area contributed by atoms with Crippen molar-refractivity contribution < 1.29 is 4.79 Å². The number of nitrogens with one attached hydrogen (secondary N) is 1. The molecule has 0 heterocycles. The molecule has 1 amide bonds. The molecule has 0 aliphatic heterocycles. The SMILES string of the molecule is CC(C)C(=O)NCC(N)C(C)C. The lowest BCUT2D eigenvalue weighted by Gasteiger charge is -2.16. The fraction of sp³-hybridized carbons (Fsp3) is 0.889. The molecule has 0 bridgehead atoms. The Balaban J connectivity index is 3.61. The van der Waals surface area contributed by atoms with Gasteiger partial charge in [0.05, 0.1) is 0 Å². The summed E-state index contributed by atoms with van der Waals surface area (Å²) in [5.74, 6) is 0.535. The Morgan fingerprint density at radius 3 is 2.17 bits per heavy atom. The van der Waals surface area contributed by atoms with Crippen molar-refractivity contribution in [3.63, 3.8) is 0 Å². The Bertz CT molecular complexity index is 143. The molecule has 72 valence electrons. The summed E-state index contributed by atoms with van der Waals surface area (Å²) in [6.07, 6.45) is 0. The largest absolute Gasteiger partial charge is 0.354 e. The maximum Gasteiger partial charge on any atom is 0.222 e.